The normalized spacial score (nSPS) is 16.5. The van der Waals surface area contributed by atoms with Crippen LogP contribution in [0.25, 0.3) is 0 Å². The Morgan fingerprint density at radius 2 is 1.67 bits per heavy atom. The third-order valence-electron chi connectivity index (χ3n) is 3.79. The van der Waals surface area contributed by atoms with E-state index in [1.807, 2.05) is 0 Å². The summed E-state index contributed by atoms with van der Waals surface area (Å²) < 4.78 is 0. The molecule has 21 heavy (non-hydrogen) atoms. The number of anilines is 1. The van der Waals surface area contributed by atoms with E-state index < -0.39 is 0 Å². The predicted molar refractivity (Wildman–Crippen MR) is 89.2 cm³/mol. The number of benzene rings is 1. The third-order valence-corrected chi connectivity index (χ3v) is 4.22. The highest BCUT2D eigenvalue weighted by Gasteiger charge is 2.12. The molecule has 0 aromatic heterocycles. The van der Waals surface area contributed by atoms with Crippen LogP contribution in [-0.4, -0.2) is 18.5 Å². The summed E-state index contributed by atoms with van der Waals surface area (Å²) in [5.74, 6) is -0.0190. The Labute approximate surface area is 136 Å². The van der Waals surface area contributed by atoms with Gasteiger partial charge in [-0.15, -0.1) is 0 Å². The van der Waals surface area contributed by atoms with Crippen molar-refractivity contribution in [1.82, 2.24) is 5.32 Å². The van der Waals surface area contributed by atoms with Crippen LogP contribution in [0.15, 0.2) is 18.2 Å². The van der Waals surface area contributed by atoms with Gasteiger partial charge in [-0.3, -0.25) is 4.79 Å². The zero-order valence-corrected chi connectivity index (χ0v) is 13.6. The molecule has 0 unspecified atom stereocenters. The molecule has 1 amide bonds. The maximum atomic E-state index is 11.9. The molecule has 0 spiro atoms. The van der Waals surface area contributed by atoms with E-state index in [0.717, 1.165) is 0 Å². The van der Waals surface area contributed by atoms with E-state index in [9.17, 15) is 4.79 Å². The van der Waals surface area contributed by atoms with Gasteiger partial charge >= 0.3 is 0 Å². The van der Waals surface area contributed by atoms with Gasteiger partial charge < -0.3 is 10.6 Å². The standard InChI is InChI=1S/C16H22Cl2N2O/c17-12-9-13(18)11-15(10-12)20-16(21)7-8-19-14-5-3-1-2-4-6-14/h9-11,14,19H,1-8H2,(H,20,21). The molecule has 2 N–H and O–H groups in total. The first kappa shape index (κ1) is 16.6. The molecule has 0 heterocycles. The molecule has 0 aliphatic heterocycles. The van der Waals surface area contributed by atoms with Crippen LogP contribution < -0.4 is 10.6 Å². The van der Waals surface area contributed by atoms with Crippen molar-refractivity contribution in [3.63, 3.8) is 0 Å². The number of carbonyl (C=O) groups excluding carboxylic acids is 1. The summed E-state index contributed by atoms with van der Waals surface area (Å²) in [6, 6.07) is 5.61. The van der Waals surface area contributed by atoms with Crippen LogP contribution in [0.5, 0.6) is 0 Å². The smallest absolute Gasteiger partial charge is 0.225 e. The molecule has 0 bridgehead atoms. The zero-order valence-electron chi connectivity index (χ0n) is 12.1. The summed E-state index contributed by atoms with van der Waals surface area (Å²) in [5.41, 5.74) is 0.645. The van der Waals surface area contributed by atoms with Gasteiger partial charge in [0.15, 0.2) is 0 Å². The van der Waals surface area contributed by atoms with Crippen LogP contribution in [-0.2, 0) is 4.79 Å². The number of amides is 1. The van der Waals surface area contributed by atoms with E-state index in [4.69, 9.17) is 23.2 Å². The predicted octanol–water partition coefficient (Wildman–Crippen LogP) is 4.63. The average Bonchev–Trinajstić information content (AvgIpc) is 2.66. The molecule has 0 radical (unpaired) electrons. The first-order valence-corrected chi connectivity index (χ1v) is 8.38. The molecule has 0 saturated heterocycles. The van der Waals surface area contributed by atoms with Crippen molar-refractivity contribution in [3.05, 3.63) is 28.2 Å². The van der Waals surface area contributed by atoms with Gasteiger partial charge in [0, 0.05) is 34.7 Å². The number of hydrogen-bond acceptors (Lipinski definition) is 2. The van der Waals surface area contributed by atoms with Gasteiger partial charge in [-0.1, -0.05) is 48.9 Å². The van der Waals surface area contributed by atoms with Crippen LogP contribution in [0.4, 0.5) is 5.69 Å². The Balaban J connectivity index is 1.71. The lowest BCUT2D eigenvalue weighted by atomic mass is 10.1. The SMILES string of the molecule is O=C(CCNC1CCCCCC1)Nc1cc(Cl)cc(Cl)c1. The number of hydrogen-bond donors (Lipinski definition) is 2. The molecule has 1 aromatic carbocycles. The fourth-order valence-electron chi connectivity index (χ4n) is 2.72. The quantitative estimate of drug-likeness (QED) is 0.773. The van der Waals surface area contributed by atoms with Crippen LogP contribution >= 0.6 is 23.2 Å². The van der Waals surface area contributed by atoms with E-state index >= 15 is 0 Å². The minimum Gasteiger partial charge on any atom is -0.326 e. The summed E-state index contributed by atoms with van der Waals surface area (Å²) >= 11 is 11.8. The summed E-state index contributed by atoms with van der Waals surface area (Å²) in [7, 11) is 0. The Morgan fingerprint density at radius 1 is 1.05 bits per heavy atom. The van der Waals surface area contributed by atoms with E-state index in [-0.39, 0.29) is 5.91 Å². The summed E-state index contributed by atoms with van der Waals surface area (Å²) in [6.45, 7) is 0.713. The second-order valence-corrected chi connectivity index (χ2v) is 6.47. The molecule has 1 saturated carbocycles. The Hall–Kier alpha value is -0.770. The van der Waals surface area contributed by atoms with Crippen LogP contribution in [0.3, 0.4) is 0 Å². The molecule has 5 heteroatoms. The van der Waals surface area contributed by atoms with E-state index in [1.54, 1.807) is 18.2 Å². The second-order valence-electron chi connectivity index (χ2n) is 5.60. The number of carbonyl (C=O) groups is 1. The molecule has 1 aliphatic rings. The van der Waals surface area contributed by atoms with Crippen molar-refractivity contribution in [3.8, 4) is 0 Å². The number of rotatable bonds is 5. The molecule has 1 aliphatic carbocycles. The highest BCUT2D eigenvalue weighted by atomic mass is 35.5. The lowest BCUT2D eigenvalue weighted by Gasteiger charge is -2.15. The molecular weight excluding hydrogens is 307 g/mol. The summed E-state index contributed by atoms with van der Waals surface area (Å²) in [4.78, 5) is 11.9. The number of nitrogens with one attached hydrogen (secondary N) is 2. The van der Waals surface area contributed by atoms with Gasteiger partial charge in [0.05, 0.1) is 0 Å². The largest absolute Gasteiger partial charge is 0.326 e. The van der Waals surface area contributed by atoms with E-state index in [0.29, 0.717) is 34.7 Å². The van der Waals surface area contributed by atoms with Crippen molar-refractivity contribution >= 4 is 34.8 Å². The molecule has 0 atom stereocenters. The van der Waals surface area contributed by atoms with Gasteiger partial charge in [0.25, 0.3) is 0 Å². The van der Waals surface area contributed by atoms with Gasteiger partial charge in [-0.05, 0) is 31.0 Å². The third kappa shape index (κ3) is 6.25. The lowest BCUT2D eigenvalue weighted by molar-refractivity contribution is -0.116. The van der Waals surface area contributed by atoms with Crippen molar-refractivity contribution in [2.45, 2.75) is 51.0 Å². The van der Waals surface area contributed by atoms with Crippen LogP contribution in [0, 0.1) is 0 Å². The first-order chi connectivity index (χ1) is 10.1. The van der Waals surface area contributed by atoms with Crippen molar-refractivity contribution < 1.29 is 4.79 Å². The van der Waals surface area contributed by atoms with Gasteiger partial charge in [-0.25, -0.2) is 0 Å². The Bertz CT molecular complexity index is 451. The van der Waals surface area contributed by atoms with Crippen molar-refractivity contribution in [1.29, 1.82) is 0 Å². The van der Waals surface area contributed by atoms with Crippen molar-refractivity contribution in [2.75, 3.05) is 11.9 Å². The maximum Gasteiger partial charge on any atom is 0.225 e. The number of halogens is 2. The lowest BCUT2D eigenvalue weighted by Crippen LogP contribution is -2.31. The monoisotopic (exact) mass is 328 g/mol. The molecule has 2 rings (SSSR count). The maximum absolute atomic E-state index is 11.9. The summed E-state index contributed by atoms with van der Waals surface area (Å²) in [6.07, 6.45) is 8.19. The second kappa shape index (κ2) is 8.62. The Morgan fingerprint density at radius 3 is 2.29 bits per heavy atom. The summed E-state index contributed by atoms with van der Waals surface area (Å²) in [5, 5.41) is 7.36. The van der Waals surface area contributed by atoms with Gasteiger partial charge in [-0.2, -0.15) is 0 Å². The first-order valence-electron chi connectivity index (χ1n) is 7.63. The molecular formula is C16H22Cl2N2O. The average molecular weight is 329 g/mol. The van der Waals surface area contributed by atoms with Crippen LogP contribution in [0.2, 0.25) is 10.0 Å². The van der Waals surface area contributed by atoms with Gasteiger partial charge in [0.2, 0.25) is 5.91 Å². The fourth-order valence-corrected chi connectivity index (χ4v) is 3.25. The van der Waals surface area contributed by atoms with E-state index in [1.165, 1.54) is 38.5 Å². The van der Waals surface area contributed by atoms with Gasteiger partial charge in [0.1, 0.15) is 0 Å². The molecule has 1 fully saturated rings. The van der Waals surface area contributed by atoms with Crippen molar-refractivity contribution in [2.24, 2.45) is 0 Å². The molecule has 3 nitrogen and oxygen atoms in total. The minimum atomic E-state index is -0.0190. The van der Waals surface area contributed by atoms with Crippen LogP contribution in [0.1, 0.15) is 44.9 Å². The topological polar surface area (TPSA) is 41.1 Å². The zero-order chi connectivity index (χ0) is 15.1. The highest BCUT2D eigenvalue weighted by molar-refractivity contribution is 6.35. The highest BCUT2D eigenvalue weighted by Crippen LogP contribution is 2.22. The molecule has 116 valence electrons. The fraction of sp³-hybridized carbons (Fsp3) is 0.562. The minimum absolute atomic E-state index is 0.0190. The molecule has 1 aromatic rings. The Kier molecular flexibility index (Phi) is 6.81. The van der Waals surface area contributed by atoms with E-state index in [2.05, 4.69) is 10.6 Å².